The van der Waals surface area contributed by atoms with Gasteiger partial charge in [0.1, 0.15) is 5.76 Å². The van der Waals surface area contributed by atoms with E-state index in [-0.39, 0.29) is 0 Å². The first-order valence-electron chi connectivity index (χ1n) is 5.90. The monoisotopic (exact) mass is 224 g/mol. The summed E-state index contributed by atoms with van der Waals surface area (Å²) in [4.78, 5) is 2.43. The minimum Gasteiger partial charge on any atom is -0.468 e. The molecular weight excluding hydrogens is 204 g/mol. The fourth-order valence-electron chi connectivity index (χ4n) is 1.92. The Morgan fingerprint density at radius 1 is 1.44 bits per heavy atom. The lowest BCUT2D eigenvalue weighted by Gasteiger charge is -2.29. The van der Waals surface area contributed by atoms with E-state index >= 15 is 0 Å². The quantitative estimate of drug-likeness (QED) is 0.812. The molecular formula is C12H20N2O2. The highest BCUT2D eigenvalue weighted by molar-refractivity contribution is 4.97. The van der Waals surface area contributed by atoms with Crippen molar-refractivity contribution in [3.8, 4) is 0 Å². The van der Waals surface area contributed by atoms with Crippen molar-refractivity contribution in [2.45, 2.75) is 19.5 Å². The van der Waals surface area contributed by atoms with Crippen LogP contribution in [0.25, 0.3) is 0 Å². The van der Waals surface area contributed by atoms with Gasteiger partial charge in [0.15, 0.2) is 0 Å². The Labute approximate surface area is 96.6 Å². The van der Waals surface area contributed by atoms with E-state index in [0.717, 1.165) is 45.2 Å². The van der Waals surface area contributed by atoms with Crippen LogP contribution in [0.1, 0.15) is 12.7 Å². The maximum absolute atomic E-state index is 5.32. The topological polar surface area (TPSA) is 37.6 Å². The van der Waals surface area contributed by atoms with Crippen molar-refractivity contribution in [2.24, 2.45) is 0 Å². The van der Waals surface area contributed by atoms with Crippen LogP contribution in [0.2, 0.25) is 0 Å². The molecule has 0 radical (unpaired) electrons. The Morgan fingerprint density at radius 2 is 2.25 bits per heavy atom. The Hall–Kier alpha value is -0.840. The predicted molar refractivity (Wildman–Crippen MR) is 62.3 cm³/mol. The lowest BCUT2D eigenvalue weighted by atomic mass is 10.2. The predicted octanol–water partition coefficient (Wildman–Crippen LogP) is 1.09. The van der Waals surface area contributed by atoms with E-state index in [2.05, 4.69) is 17.1 Å². The number of rotatable bonds is 5. The van der Waals surface area contributed by atoms with Crippen LogP contribution >= 0.6 is 0 Å². The first-order valence-corrected chi connectivity index (χ1v) is 5.90. The molecule has 16 heavy (non-hydrogen) atoms. The second kappa shape index (κ2) is 6.03. The van der Waals surface area contributed by atoms with Crippen LogP contribution in [0.15, 0.2) is 22.8 Å². The summed E-state index contributed by atoms with van der Waals surface area (Å²) >= 11 is 0. The van der Waals surface area contributed by atoms with Crippen LogP contribution < -0.4 is 5.32 Å². The van der Waals surface area contributed by atoms with E-state index < -0.39 is 0 Å². The highest BCUT2D eigenvalue weighted by Crippen LogP contribution is 2.01. The van der Waals surface area contributed by atoms with Crippen molar-refractivity contribution in [3.63, 3.8) is 0 Å². The summed E-state index contributed by atoms with van der Waals surface area (Å²) in [5.74, 6) is 0.994. The van der Waals surface area contributed by atoms with Crippen molar-refractivity contribution >= 4 is 0 Å². The number of furan rings is 1. The lowest BCUT2D eigenvalue weighted by Crippen LogP contribution is -2.44. The largest absolute Gasteiger partial charge is 0.468 e. The molecule has 4 heteroatoms. The van der Waals surface area contributed by atoms with Crippen LogP contribution in [-0.4, -0.2) is 43.8 Å². The van der Waals surface area contributed by atoms with E-state index in [9.17, 15) is 0 Å². The number of ether oxygens (including phenoxy) is 1. The van der Waals surface area contributed by atoms with Gasteiger partial charge in [0, 0.05) is 25.7 Å². The molecule has 1 unspecified atom stereocenters. The fraction of sp³-hybridized carbons (Fsp3) is 0.667. The van der Waals surface area contributed by atoms with Gasteiger partial charge in [-0.05, 0) is 19.1 Å². The summed E-state index contributed by atoms with van der Waals surface area (Å²) in [7, 11) is 0. The van der Waals surface area contributed by atoms with Crippen molar-refractivity contribution in [3.05, 3.63) is 24.2 Å². The molecule has 1 aromatic heterocycles. The van der Waals surface area contributed by atoms with Gasteiger partial charge in [-0.25, -0.2) is 0 Å². The lowest BCUT2D eigenvalue weighted by molar-refractivity contribution is 0.0342. The van der Waals surface area contributed by atoms with Gasteiger partial charge in [0.05, 0.1) is 26.0 Å². The fourth-order valence-corrected chi connectivity index (χ4v) is 1.92. The van der Waals surface area contributed by atoms with E-state index in [4.69, 9.17) is 9.15 Å². The Bertz CT molecular complexity index is 281. The molecule has 1 aliphatic rings. The van der Waals surface area contributed by atoms with E-state index in [1.54, 1.807) is 6.26 Å². The smallest absolute Gasteiger partial charge is 0.117 e. The number of nitrogens with one attached hydrogen (secondary N) is 1. The van der Waals surface area contributed by atoms with Gasteiger partial charge in [0.25, 0.3) is 0 Å². The van der Waals surface area contributed by atoms with Gasteiger partial charge in [-0.1, -0.05) is 0 Å². The Kier molecular flexibility index (Phi) is 4.39. The first kappa shape index (κ1) is 11.6. The van der Waals surface area contributed by atoms with Crippen molar-refractivity contribution in [1.82, 2.24) is 10.2 Å². The molecule has 2 heterocycles. The summed E-state index contributed by atoms with van der Waals surface area (Å²) in [6.07, 6.45) is 1.71. The van der Waals surface area contributed by atoms with Crippen LogP contribution in [-0.2, 0) is 11.3 Å². The van der Waals surface area contributed by atoms with Gasteiger partial charge in [-0.2, -0.15) is 0 Å². The average molecular weight is 224 g/mol. The number of hydrogen-bond donors (Lipinski definition) is 1. The van der Waals surface area contributed by atoms with Gasteiger partial charge in [0.2, 0.25) is 0 Å². The van der Waals surface area contributed by atoms with Crippen LogP contribution in [0, 0.1) is 0 Å². The zero-order valence-electron chi connectivity index (χ0n) is 9.82. The molecule has 1 aromatic rings. The normalized spacial score (nSPS) is 19.8. The van der Waals surface area contributed by atoms with E-state index in [1.807, 2.05) is 12.1 Å². The zero-order chi connectivity index (χ0) is 11.2. The third-order valence-electron chi connectivity index (χ3n) is 2.84. The van der Waals surface area contributed by atoms with Crippen LogP contribution in [0.5, 0.6) is 0 Å². The number of hydrogen-bond acceptors (Lipinski definition) is 4. The zero-order valence-corrected chi connectivity index (χ0v) is 9.82. The van der Waals surface area contributed by atoms with Gasteiger partial charge >= 0.3 is 0 Å². The van der Waals surface area contributed by atoms with Crippen molar-refractivity contribution in [1.29, 1.82) is 0 Å². The highest BCUT2D eigenvalue weighted by atomic mass is 16.5. The number of nitrogens with zero attached hydrogens (tertiary/aromatic N) is 1. The molecule has 0 bridgehead atoms. The van der Waals surface area contributed by atoms with Crippen molar-refractivity contribution in [2.75, 3.05) is 32.8 Å². The van der Waals surface area contributed by atoms with E-state index in [1.165, 1.54) is 0 Å². The maximum atomic E-state index is 5.32. The minimum absolute atomic E-state index is 0.475. The number of morpholine rings is 1. The molecule has 1 aliphatic heterocycles. The Morgan fingerprint density at radius 3 is 2.94 bits per heavy atom. The van der Waals surface area contributed by atoms with Crippen molar-refractivity contribution < 1.29 is 9.15 Å². The van der Waals surface area contributed by atoms with E-state index in [0.29, 0.717) is 6.04 Å². The summed E-state index contributed by atoms with van der Waals surface area (Å²) in [6, 6.07) is 4.39. The molecule has 90 valence electrons. The SMILES string of the molecule is CC(CN1CCOCC1)NCc1ccco1. The summed E-state index contributed by atoms with van der Waals surface area (Å²) in [5.41, 5.74) is 0. The molecule has 1 atom stereocenters. The Balaban J connectivity index is 1.65. The molecule has 0 saturated carbocycles. The maximum Gasteiger partial charge on any atom is 0.117 e. The average Bonchev–Trinajstić information content (AvgIpc) is 2.81. The molecule has 1 saturated heterocycles. The molecule has 2 rings (SSSR count). The standard InChI is InChI=1S/C12H20N2O2/c1-11(10-14-4-7-15-8-5-14)13-9-12-3-2-6-16-12/h2-3,6,11,13H,4-5,7-10H2,1H3. The van der Waals surface area contributed by atoms with Gasteiger partial charge in [-0.15, -0.1) is 0 Å². The summed E-state index contributed by atoms with van der Waals surface area (Å²) < 4.78 is 10.6. The molecule has 0 aliphatic carbocycles. The highest BCUT2D eigenvalue weighted by Gasteiger charge is 2.13. The molecule has 0 amide bonds. The molecule has 4 nitrogen and oxygen atoms in total. The molecule has 1 fully saturated rings. The second-order valence-corrected chi connectivity index (χ2v) is 4.27. The molecule has 1 N–H and O–H groups in total. The van der Waals surface area contributed by atoms with Crippen LogP contribution in [0.3, 0.4) is 0 Å². The third-order valence-corrected chi connectivity index (χ3v) is 2.84. The van der Waals surface area contributed by atoms with Gasteiger partial charge < -0.3 is 14.5 Å². The minimum atomic E-state index is 0.475. The summed E-state index contributed by atoms with van der Waals surface area (Å²) in [5, 5.41) is 3.46. The molecule has 0 aromatic carbocycles. The summed E-state index contributed by atoms with van der Waals surface area (Å²) in [6.45, 7) is 7.91. The first-order chi connectivity index (χ1) is 7.84. The molecule has 0 spiro atoms. The van der Waals surface area contributed by atoms with Gasteiger partial charge in [-0.3, -0.25) is 4.90 Å². The second-order valence-electron chi connectivity index (χ2n) is 4.27. The third kappa shape index (κ3) is 3.63. The van der Waals surface area contributed by atoms with Crippen LogP contribution in [0.4, 0.5) is 0 Å².